The zero-order chi connectivity index (χ0) is 29.0. The largest absolute Gasteiger partial charge is 0.456 e. The van der Waals surface area contributed by atoms with E-state index >= 15 is 0 Å². The summed E-state index contributed by atoms with van der Waals surface area (Å²) in [5.41, 5.74) is 7.33. The quantitative estimate of drug-likeness (QED) is 0.230. The Balaban J connectivity index is 1.18. The molecule has 2 unspecified atom stereocenters. The standard InChI is InChI=1S/C39H28N4O/c1-3-11-25(12-4-1)37-40-38(26-13-5-2-6-14-26)42-39(41-37)27-19-21-28(22-20-27)43-31-17-9-7-15-29(31)35-32(43)23-24-34-36(35)30-16-8-10-18-33(30)44-34/h1-13,15-24,26,37H,14H2,(H,40,41,42). The molecule has 5 heteroatoms. The highest BCUT2D eigenvalue weighted by molar-refractivity contribution is 6.27. The molecule has 7 aromatic rings. The van der Waals surface area contributed by atoms with Gasteiger partial charge in [-0.3, -0.25) is 0 Å². The lowest BCUT2D eigenvalue weighted by Crippen LogP contribution is -2.37. The highest BCUT2D eigenvalue weighted by Crippen LogP contribution is 2.41. The van der Waals surface area contributed by atoms with Crippen molar-refractivity contribution in [3.05, 3.63) is 151 Å². The normalized spacial score (nSPS) is 18.2. The maximum Gasteiger partial charge on any atom is 0.159 e. The second-order valence-electron chi connectivity index (χ2n) is 11.4. The van der Waals surface area contributed by atoms with Crippen LogP contribution in [0.25, 0.3) is 49.4 Å². The lowest BCUT2D eigenvalue weighted by atomic mass is 9.98. The van der Waals surface area contributed by atoms with Crippen LogP contribution in [0.1, 0.15) is 23.7 Å². The molecule has 2 atom stereocenters. The summed E-state index contributed by atoms with van der Waals surface area (Å²) in [5.74, 6) is 1.90. The minimum Gasteiger partial charge on any atom is -0.456 e. The SMILES string of the molecule is C1=CCC(C2=NC(c3ccc(-n4c5ccccc5c5c6c(ccc54)oc4ccccc46)cc3)=NC(c3ccccc3)N2)C=C1. The average molecular weight is 569 g/mol. The average Bonchev–Trinajstić information content (AvgIpc) is 3.64. The van der Waals surface area contributed by atoms with Gasteiger partial charge in [-0.15, -0.1) is 0 Å². The van der Waals surface area contributed by atoms with Gasteiger partial charge in [-0.05, 0) is 60.5 Å². The predicted octanol–water partition coefficient (Wildman–Crippen LogP) is 9.26. The van der Waals surface area contributed by atoms with Crippen molar-refractivity contribution in [2.45, 2.75) is 12.6 Å². The minimum atomic E-state index is -0.192. The van der Waals surface area contributed by atoms with Crippen LogP contribution in [0.3, 0.4) is 0 Å². The Morgan fingerprint density at radius 2 is 1.48 bits per heavy atom. The van der Waals surface area contributed by atoms with Crippen molar-refractivity contribution in [2.24, 2.45) is 15.9 Å². The molecule has 1 N–H and O–H groups in total. The van der Waals surface area contributed by atoms with Crippen molar-refractivity contribution >= 4 is 55.4 Å². The smallest absolute Gasteiger partial charge is 0.159 e. The number of furan rings is 1. The number of hydrogen-bond acceptors (Lipinski definition) is 4. The number of nitrogens with one attached hydrogen (secondary N) is 1. The van der Waals surface area contributed by atoms with E-state index in [1.807, 2.05) is 18.2 Å². The Morgan fingerprint density at radius 1 is 0.682 bits per heavy atom. The van der Waals surface area contributed by atoms with Gasteiger partial charge >= 0.3 is 0 Å². The summed E-state index contributed by atoms with van der Waals surface area (Å²) in [6.45, 7) is 0. The predicted molar refractivity (Wildman–Crippen MR) is 181 cm³/mol. The van der Waals surface area contributed by atoms with Crippen molar-refractivity contribution in [3.8, 4) is 5.69 Å². The first-order chi connectivity index (χ1) is 21.8. The molecule has 0 spiro atoms. The van der Waals surface area contributed by atoms with Crippen LogP contribution in [-0.4, -0.2) is 16.2 Å². The number of para-hydroxylation sites is 2. The van der Waals surface area contributed by atoms with E-state index in [9.17, 15) is 0 Å². The topological polar surface area (TPSA) is 54.8 Å². The van der Waals surface area contributed by atoms with Gasteiger partial charge < -0.3 is 14.3 Å². The zero-order valence-electron chi connectivity index (χ0n) is 23.9. The van der Waals surface area contributed by atoms with Crippen LogP contribution in [-0.2, 0) is 0 Å². The van der Waals surface area contributed by atoms with Gasteiger partial charge in [0, 0.05) is 38.7 Å². The van der Waals surface area contributed by atoms with Crippen LogP contribution in [0.5, 0.6) is 0 Å². The highest BCUT2D eigenvalue weighted by Gasteiger charge is 2.24. The van der Waals surface area contributed by atoms with E-state index < -0.39 is 0 Å². The van der Waals surface area contributed by atoms with Gasteiger partial charge in [0.2, 0.25) is 0 Å². The lowest BCUT2D eigenvalue weighted by Gasteiger charge is -2.27. The molecule has 0 radical (unpaired) electrons. The van der Waals surface area contributed by atoms with Gasteiger partial charge in [0.05, 0.1) is 11.0 Å². The van der Waals surface area contributed by atoms with Crippen molar-refractivity contribution < 1.29 is 4.42 Å². The molecule has 9 rings (SSSR count). The van der Waals surface area contributed by atoms with Gasteiger partial charge in [-0.1, -0.05) is 91.0 Å². The molecule has 1 aliphatic carbocycles. The van der Waals surface area contributed by atoms with Crippen LogP contribution in [0.2, 0.25) is 0 Å². The molecule has 0 bridgehead atoms. The number of benzene rings is 5. The first-order valence-corrected chi connectivity index (χ1v) is 15.1. The summed E-state index contributed by atoms with van der Waals surface area (Å²) < 4.78 is 8.60. The molecule has 0 saturated heterocycles. The Hall–Kier alpha value is -5.68. The number of amidine groups is 2. The maximum atomic E-state index is 6.25. The number of aromatic nitrogens is 1. The van der Waals surface area contributed by atoms with Crippen molar-refractivity contribution in [2.75, 3.05) is 0 Å². The van der Waals surface area contributed by atoms with Crippen LogP contribution in [0, 0.1) is 5.92 Å². The zero-order valence-corrected chi connectivity index (χ0v) is 23.9. The molecule has 0 fully saturated rings. The van der Waals surface area contributed by atoms with Crippen LogP contribution >= 0.6 is 0 Å². The molecule has 210 valence electrons. The first-order valence-electron chi connectivity index (χ1n) is 15.1. The van der Waals surface area contributed by atoms with Gasteiger partial charge in [0.15, 0.2) is 5.84 Å². The third-order valence-electron chi connectivity index (χ3n) is 8.77. The summed E-state index contributed by atoms with van der Waals surface area (Å²) in [4.78, 5) is 10.1. The molecule has 5 nitrogen and oxygen atoms in total. The molecule has 0 amide bonds. The van der Waals surface area contributed by atoms with Crippen LogP contribution < -0.4 is 5.32 Å². The molecule has 2 aromatic heterocycles. The monoisotopic (exact) mass is 568 g/mol. The number of nitrogens with zero attached hydrogens (tertiary/aromatic N) is 3. The molecule has 0 saturated carbocycles. The summed E-state index contributed by atoms with van der Waals surface area (Å²) in [5, 5.41) is 8.33. The van der Waals surface area contributed by atoms with Gasteiger partial charge in [-0.25, -0.2) is 9.98 Å². The Morgan fingerprint density at radius 3 is 2.32 bits per heavy atom. The van der Waals surface area contributed by atoms with E-state index in [4.69, 9.17) is 14.4 Å². The highest BCUT2D eigenvalue weighted by atomic mass is 16.3. The fraction of sp³-hybridized carbons (Fsp3) is 0.0769. The van der Waals surface area contributed by atoms with Crippen molar-refractivity contribution in [3.63, 3.8) is 0 Å². The summed E-state index contributed by atoms with van der Waals surface area (Å²) >= 11 is 0. The number of fused-ring (bicyclic) bond motifs is 7. The molecule has 44 heavy (non-hydrogen) atoms. The minimum absolute atomic E-state index is 0.192. The van der Waals surface area contributed by atoms with Crippen LogP contribution in [0.4, 0.5) is 0 Å². The fourth-order valence-electron chi connectivity index (χ4n) is 6.69. The number of allylic oxidation sites excluding steroid dienone is 3. The first kappa shape index (κ1) is 24.9. The number of aliphatic imine (C=N–C) groups is 2. The van der Waals surface area contributed by atoms with Crippen molar-refractivity contribution in [1.29, 1.82) is 0 Å². The van der Waals surface area contributed by atoms with E-state index in [2.05, 4.69) is 131 Å². The Kier molecular flexibility index (Phi) is 5.63. The van der Waals surface area contributed by atoms with Crippen molar-refractivity contribution in [1.82, 2.24) is 9.88 Å². The van der Waals surface area contributed by atoms with Crippen LogP contribution in [0.15, 0.2) is 154 Å². The van der Waals surface area contributed by atoms with Gasteiger partial charge in [0.1, 0.15) is 23.2 Å². The molecular weight excluding hydrogens is 540 g/mol. The van der Waals surface area contributed by atoms with Gasteiger partial charge in [-0.2, -0.15) is 0 Å². The Labute approximate surface area is 254 Å². The second kappa shape index (κ2) is 9.96. The summed E-state index contributed by atoms with van der Waals surface area (Å²) in [6.07, 6.45) is 9.32. The fourth-order valence-corrected chi connectivity index (χ4v) is 6.69. The molecule has 2 aliphatic rings. The van der Waals surface area contributed by atoms with Gasteiger partial charge in [0.25, 0.3) is 0 Å². The Bertz CT molecular complexity index is 2340. The third kappa shape index (κ3) is 3.93. The molecule has 3 heterocycles. The molecule has 5 aromatic carbocycles. The second-order valence-corrected chi connectivity index (χ2v) is 11.4. The van der Waals surface area contributed by atoms with E-state index in [0.717, 1.165) is 67.9 Å². The summed E-state index contributed by atoms with van der Waals surface area (Å²) in [6, 6.07) is 40.2. The molecular formula is C39H28N4O. The maximum absolute atomic E-state index is 6.25. The van der Waals surface area contributed by atoms with E-state index in [1.54, 1.807) is 0 Å². The van der Waals surface area contributed by atoms with E-state index in [1.165, 1.54) is 10.8 Å². The summed E-state index contributed by atoms with van der Waals surface area (Å²) in [7, 11) is 0. The number of rotatable bonds is 4. The van der Waals surface area contributed by atoms with E-state index in [0.29, 0.717) is 0 Å². The third-order valence-corrected chi connectivity index (χ3v) is 8.77. The molecule has 1 aliphatic heterocycles. The lowest BCUT2D eigenvalue weighted by molar-refractivity contribution is 0.642. The van der Waals surface area contributed by atoms with E-state index in [-0.39, 0.29) is 12.1 Å². The number of hydrogen-bond donors (Lipinski definition) is 1.